The highest BCUT2D eigenvalue weighted by Gasteiger charge is 2.20. The Balaban J connectivity index is 1.79. The van der Waals surface area contributed by atoms with Gasteiger partial charge in [0.05, 0.1) is 0 Å². The Morgan fingerprint density at radius 1 is 1.25 bits per heavy atom. The van der Waals surface area contributed by atoms with Gasteiger partial charge in [-0.2, -0.15) is 0 Å². The third-order valence-electron chi connectivity index (χ3n) is 4.41. The molecule has 1 heterocycles. The molecule has 1 saturated carbocycles. The van der Waals surface area contributed by atoms with E-state index in [-0.39, 0.29) is 0 Å². The molecule has 0 radical (unpaired) electrons. The number of aryl methyl sites for hydroxylation is 1. The highest BCUT2D eigenvalue weighted by atomic mass is 15.0. The zero-order valence-electron chi connectivity index (χ0n) is 12.3. The van der Waals surface area contributed by atoms with Crippen LogP contribution in [0, 0.1) is 5.92 Å². The average Bonchev–Trinajstić information content (AvgIpc) is 2.88. The summed E-state index contributed by atoms with van der Waals surface area (Å²) in [6.07, 6.45) is 9.19. The van der Waals surface area contributed by atoms with Crippen LogP contribution >= 0.6 is 0 Å². The lowest BCUT2D eigenvalue weighted by Gasteiger charge is -2.30. The first kappa shape index (κ1) is 13.2. The summed E-state index contributed by atoms with van der Waals surface area (Å²) in [6.45, 7) is 2.36. The minimum absolute atomic E-state index is 0.611. The van der Waals surface area contributed by atoms with Crippen molar-refractivity contribution in [1.82, 2.24) is 9.55 Å². The summed E-state index contributed by atoms with van der Waals surface area (Å²) in [7, 11) is 2.03. The zero-order chi connectivity index (χ0) is 13.9. The number of hydrogen-bond donors (Lipinski definition) is 1. The van der Waals surface area contributed by atoms with Crippen LogP contribution in [0.4, 0.5) is 5.69 Å². The second kappa shape index (κ2) is 5.70. The second-order valence-electron chi connectivity index (χ2n) is 5.96. The number of nitrogens with one attached hydrogen (secondary N) is 1. The maximum atomic E-state index is 4.42. The number of hydrogen-bond acceptors (Lipinski definition) is 2. The van der Waals surface area contributed by atoms with Crippen molar-refractivity contribution >= 4 is 5.69 Å². The Kier molecular flexibility index (Phi) is 3.77. The van der Waals surface area contributed by atoms with Gasteiger partial charge in [-0.05, 0) is 30.9 Å². The number of aromatic nitrogens is 2. The lowest BCUT2D eigenvalue weighted by molar-refractivity contribution is 0.349. The number of nitrogens with zero attached hydrogens (tertiary/aromatic N) is 2. The summed E-state index contributed by atoms with van der Waals surface area (Å²) in [5.41, 5.74) is 2.38. The molecule has 0 amide bonds. The van der Waals surface area contributed by atoms with Crippen molar-refractivity contribution in [3.63, 3.8) is 0 Å². The quantitative estimate of drug-likeness (QED) is 0.910. The van der Waals surface area contributed by atoms with E-state index in [0.717, 1.165) is 11.7 Å². The average molecular weight is 269 g/mol. The van der Waals surface area contributed by atoms with Crippen molar-refractivity contribution in [3.8, 4) is 11.4 Å². The molecule has 0 bridgehead atoms. The van der Waals surface area contributed by atoms with Crippen LogP contribution < -0.4 is 5.32 Å². The monoisotopic (exact) mass is 269 g/mol. The third kappa shape index (κ3) is 2.72. The second-order valence-corrected chi connectivity index (χ2v) is 5.96. The van der Waals surface area contributed by atoms with Crippen molar-refractivity contribution in [1.29, 1.82) is 0 Å². The van der Waals surface area contributed by atoms with Crippen molar-refractivity contribution in [3.05, 3.63) is 36.7 Å². The van der Waals surface area contributed by atoms with E-state index < -0.39 is 0 Å². The standard InChI is InChI=1S/C17H23N3/c1-13-6-3-4-9-16(13)19-15-8-5-7-14(12-15)17-18-10-11-20(17)2/h5,7-8,10-13,16,19H,3-4,6,9H2,1-2H3. The highest BCUT2D eigenvalue weighted by Crippen LogP contribution is 2.28. The fraction of sp³-hybridized carbons (Fsp3) is 0.471. The Morgan fingerprint density at radius 3 is 2.85 bits per heavy atom. The Labute approximate surface area is 121 Å². The van der Waals surface area contributed by atoms with Crippen LogP contribution in [-0.2, 0) is 7.05 Å². The molecule has 1 N–H and O–H groups in total. The normalized spacial score (nSPS) is 22.7. The molecule has 1 aliphatic rings. The summed E-state index contributed by atoms with van der Waals surface area (Å²) >= 11 is 0. The van der Waals surface area contributed by atoms with Crippen molar-refractivity contribution < 1.29 is 0 Å². The van der Waals surface area contributed by atoms with Gasteiger partial charge < -0.3 is 9.88 Å². The first-order chi connectivity index (χ1) is 9.74. The van der Waals surface area contributed by atoms with Gasteiger partial charge in [-0.1, -0.05) is 31.9 Å². The molecule has 3 heteroatoms. The Hall–Kier alpha value is -1.77. The number of anilines is 1. The molecule has 20 heavy (non-hydrogen) atoms. The van der Waals surface area contributed by atoms with Crippen LogP contribution in [0.15, 0.2) is 36.7 Å². The molecule has 2 atom stereocenters. The van der Waals surface area contributed by atoms with Gasteiger partial charge in [0.15, 0.2) is 0 Å². The third-order valence-corrected chi connectivity index (χ3v) is 4.41. The fourth-order valence-electron chi connectivity index (χ4n) is 3.14. The number of rotatable bonds is 3. The molecule has 1 fully saturated rings. The lowest BCUT2D eigenvalue weighted by Crippen LogP contribution is -2.30. The molecular weight excluding hydrogens is 246 g/mol. The molecule has 2 unspecified atom stereocenters. The minimum Gasteiger partial charge on any atom is -0.382 e. The summed E-state index contributed by atoms with van der Waals surface area (Å²) in [4.78, 5) is 4.42. The number of imidazole rings is 1. The molecule has 3 rings (SSSR count). The van der Waals surface area contributed by atoms with Gasteiger partial charge in [0.1, 0.15) is 5.82 Å². The molecule has 0 aliphatic heterocycles. The summed E-state index contributed by atoms with van der Waals surface area (Å²) in [5.74, 6) is 1.78. The van der Waals surface area contributed by atoms with E-state index in [2.05, 4.69) is 46.1 Å². The largest absolute Gasteiger partial charge is 0.382 e. The summed E-state index contributed by atoms with van der Waals surface area (Å²) < 4.78 is 2.06. The Morgan fingerprint density at radius 2 is 2.10 bits per heavy atom. The highest BCUT2D eigenvalue weighted by molar-refractivity contribution is 5.63. The van der Waals surface area contributed by atoms with Crippen molar-refractivity contribution in [2.24, 2.45) is 13.0 Å². The van der Waals surface area contributed by atoms with Gasteiger partial charge in [-0.25, -0.2) is 4.98 Å². The van der Waals surface area contributed by atoms with Gasteiger partial charge >= 0.3 is 0 Å². The van der Waals surface area contributed by atoms with Crippen LogP contribution in [0.25, 0.3) is 11.4 Å². The predicted octanol–water partition coefficient (Wildman–Crippen LogP) is 4.08. The molecule has 1 aromatic heterocycles. The van der Waals surface area contributed by atoms with E-state index in [4.69, 9.17) is 0 Å². The van der Waals surface area contributed by atoms with Gasteiger partial charge in [-0.3, -0.25) is 0 Å². The zero-order valence-corrected chi connectivity index (χ0v) is 12.3. The van der Waals surface area contributed by atoms with Gasteiger partial charge in [-0.15, -0.1) is 0 Å². The van der Waals surface area contributed by atoms with E-state index in [1.54, 1.807) is 0 Å². The maximum absolute atomic E-state index is 4.42. The topological polar surface area (TPSA) is 29.9 Å². The van der Waals surface area contributed by atoms with E-state index in [9.17, 15) is 0 Å². The smallest absolute Gasteiger partial charge is 0.139 e. The lowest BCUT2D eigenvalue weighted by atomic mass is 9.86. The van der Waals surface area contributed by atoms with E-state index in [0.29, 0.717) is 6.04 Å². The van der Waals surface area contributed by atoms with Gasteiger partial charge in [0.25, 0.3) is 0 Å². The fourth-order valence-corrected chi connectivity index (χ4v) is 3.14. The molecular formula is C17H23N3. The van der Waals surface area contributed by atoms with Gasteiger partial charge in [0.2, 0.25) is 0 Å². The van der Waals surface area contributed by atoms with Crippen molar-refractivity contribution in [2.45, 2.75) is 38.6 Å². The van der Waals surface area contributed by atoms with E-state index in [1.807, 2.05) is 19.4 Å². The Bertz CT molecular complexity index is 573. The molecule has 3 nitrogen and oxygen atoms in total. The molecule has 1 aromatic carbocycles. The predicted molar refractivity (Wildman–Crippen MR) is 83.7 cm³/mol. The molecule has 1 aliphatic carbocycles. The van der Waals surface area contributed by atoms with Crippen LogP contribution in [-0.4, -0.2) is 15.6 Å². The van der Waals surface area contributed by atoms with Crippen LogP contribution in [0.1, 0.15) is 32.6 Å². The minimum atomic E-state index is 0.611. The van der Waals surface area contributed by atoms with Crippen LogP contribution in [0.5, 0.6) is 0 Å². The van der Waals surface area contributed by atoms with Crippen LogP contribution in [0.3, 0.4) is 0 Å². The molecule has 106 valence electrons. The SMILES string of the molecule is CC1CCCCC1Nc1cccc(-c2nccn2C)c1. The summed E-state index contributed by atoms with van der Waals surface area (Å²) in [6, 6.07) is 9.22. The first-order valence-electron chi connectivity index (χ1n) is 7.58. The number of benzene rings is 1. The first-order valence-corrected chi connectivity index (χ1v) is 7.58. The van der Waals surface area contributed by atoms with E-state index >= 15 is 0 Å². The van der Waals surface area contributed by atoms with Crippen LogP contribution in [0.2, 0.25) is 0 Å². The summed E-state index contributed by atoms with van der Waals surface area (Å²) in [5, 5.41) is 3.72. The van der Waals surface area contributed by atoms with Gasteiger partial charge in [0, 0.05) is 36.7 Å². The molecule has 0 saturated heterocycles. The maximum Gasteiger partial charge on any atom is 0.139 e. The van der Waals surface area contributed by atoms with E-state index in [1.165, 1.54) is 36.9 Å². The molecule has 2 aromatic rings. The molecule has 0 spiro atoms. The van der Waals surface area contributed by atoms with Crippen molar-refractivity contribution in [2.75, 3.05) is 5.32 Å².